The van der Waals surface area contributed by atoms with Crippen molar-refractivity contribution in [3.8, 4) is 5.88 Å². The van der Waals surface area contributed by atoms with Crippen LogP contribution in [0.25, 0.3) is 0 Å². The van der Waals surface area contributed by atoms with Gasteiger partial charge < -0.3 is 20.1 Å². The average molecular weight is 452 g/mol. The van der Waals surface area contributed by atoms with Crippen LogP contribution in [0.15, 0.2) is 42.5 Å². The van der Waals surface area contributed by atoms with E-state index >= 15 is 0 Å². The lowest BCUT2D eigenvalue weighted by Gasteiger charge is -2.33. The summed E-state index contributed by atoms with van der Waals surface area (Å²) in [6.07, 6.45) is 7.53. The molecule has 2 aromatic rings. The number of nitrogens with one attached hydrogen (secondary N) is 1. The zero-order valence-electron chi connectivity index (χ0n) is 19.0. The molecular formula is C26H33N3O4. The van der Waals surface area contributed by atoms with Crippen molar-refractivity contribution in [1.82, 2.24) is 10.3 Å². The van der Waals surface area contributed by atoms with E-state index in [1.54, 1.807) is 6.07 Å². The van der Waals surface area contributed by atoms with Crippen LogP contribution in [0.5, 0.6) is 5.88 Å². The van der Waals surface area contributed by atoms with Gasteiger partial charge in [0, 0.05) is 25.6 Å². The second-order valence-electron chi connectivity index (χ2n) is 9.16. The Morgan fingerprint density at radius 2 is 1.82 bits per heavy atom. The number of rotatable bonds is 8. The Bertz CT molecular complexity index is 944. The van der Waals surface area contributed by atoms with Gasteiger partial charge in [0.05, 0.1) is 0 Å². The smallest absolute Gasteiger partial charge is 0.303 e. The number of amides is 1. The molecule has 1 aromatic carbocycles. The third-order valence-electron chi connectivity index (χ3n) is 6.56. The van der Waals surface area contributed by atoms with Crippen molar-refractivity contribution in [3.05, 3.63) is 53.6 Å². The summed E-state index contributed by atoms with van der Waals surface area (Å²) < 4.78 is 6.06. The minimum absolute atomic E-state index is 0.0982. The molecule has 1 aliphatic carbocycles. The lowest BCUT2D eigenvalue weighted by atomic mass is 9.95. The van der Waals surface area contributed by atoms with Crippen LogP contribution < -0.4 is 15.0 Å². The molecular weight excluding hydrogens is 418 g/mol. The molecule has 0 bridgehead atoms. The minimum Gasteiger partial charge on any atom is -0.481 e. The zero-order valence-corrected chi connectivity index (χ0v) is 19.0. The SMILES string of the molecule is O=C(O)C[C@@H]1CCCN(c2ccc(C(=O)NC3CCCCC3)c(OCc3ccccc3)n2)C1. The summed E-state index contributed by atoms with van der Waals surface area (Å²) in [4.78, 5) is 31.1. The Labute approximate surface area is 195 Å². The Balaban J connectivity index is 1.53. The van der Waals surface area contributed by atoms with Gasteiger partial charge in [-0.25, -0.2) is 0 Å². The highest BCUT2D eigenvalue weighted by Gasteiger charge is 2.25. The van der Waals surface area contributed by atoms with Crippen molar-refractivity contribution >= 4 is 17.7 Å². The van der Waals surface area contributed by atoms with E-state index in [1.807, 2.05) is 36.4 Å². The van der Waals surface area contributed by atoms with Crippen LogP contribution in [-0.2, 0) is 11.4 Å². The van der Waals surface area contributed by atoms with Crippen molar-refractivity contribution in [2.24, 2.45) is 5.92 Å². The van der Waals surface area contributed by atoms with Gasteiger partial charge in [-0.15, -0.1) is 0 Å². The Morgan fingerprint density at radius 1 is 1.03 bits per heavy atom. The van der Waals surface area contributed by atoms with Crippen molar-refractivity contribution < 1.29 is 19.4 Å². The first-order valence-electron chi connectivity index (χ1n) is 12.0. The molecule has 0 unspecified atom stereocenters. The summed E-state index contributed by atoms with van der Waals surface area (Å²) in [6, 6.07) is 13.7. The quantitative estimate of drug-likeness (QED) is 0.618. The van der Waals surface area contributed by atoms with Gasteiger partial charge in [-0.3, -0.25) is 9.59 Å². The van der Waals surface area contributed by atoms with Crippen LogP contribution in [0.1, 0.15) is 67.3 Å². The number of nitrogens with zero attached hydrogens (tertiary/aromatic N) is 2. The second-order valence-corrected chi connectivity index (χ2v) is 9.16. The zero-order chi connectivity index (χ0) is 23.0. The number of carbonyl (C=O) groups is 2. The lowest BCUT2D eigenvalue weighted by molar-refractivity contribution is -0.138. The predicted molar refractivity (Wildman–Crippen MR) is 127 cm³/mol. The number of carboxylic acids is 1. The molecule has 2 heterocycles. The maximum atomic E-state index is 13.1. The van der Waals surface area contributed by atoms with E-state index in [0.717, 1.165) is 56.5 Å². The van der Waals surface area contributed by atoms with Crippen molar-refractivity contribution in [2.75, 3.05) is 18.0 Å². The summed E-state index contributed by atoms with van der Waals surface area (Å²) in [7, 11) is 0. The predicted octanol–water partition coefficient (Wildman–Crippen LogP) is 4.41. The van der Waals surface area contributed by atoms with E-state index in [-0.39, 0.29) is 24.3 Å². The van der Waals surface area contributed by atoms with Crippen LogP contribution in [0.3, 0.4) is 0 Å². The van der Waals surface area contributed by atoms with Gasteiger partial charge in [0.25, 0.3) is 5.91 Å². The molecule has 1 amide bonds. The minimum atomic E-state index is -0.767. The van der Waals surface area contributed by atoms with E-state index in [1.165, 1.54) is 6.42 Å². The number of hydrogen-bond donors (Lipinski definition) is 2. The fraction of sp³-hybridized carbons (Fsp3) is 0.500. The van der Waals surface area contributed by atoms with E-state index in [4.69, 9.17) is 9.72 Å². The summed E-state index contributed by atoms with van der Waals surface area (Å²) in [5, 5.41) is 12.3. The molecule has 0 spiro atoms. The maximum Gasteiger partial charge on any atom is 0.303 e. The molecule has 1 saturated heterocycles. The molecule has 0 radical (unpaired) electrons. The largest absolute Gasteiger partial charge is 0.481 e. The highest BCUT2D eigenvalue weighted by molar-refractivity contribution is 5.96. The number of piperidine rings is 1. The van der Waals surface area contributed by atoms with Gasteiger partial charge in [0.1, 0.15) is 18.0 Å². The number of hydrogen-bond acceptors (Lipinski definition) is 5. The normalized spacial score (nSPS) is 19.2. The van der Waals surface area contributed by atoms with Crippen LogP contribution >= 0.6 is 0 Å². The molecule has 2 fully saturated rings. The summed E-state index contributed by atoms with van der Waals surface area (Å²) in [6.45, 7) is 1.78. The number of ether oxygens (including phenoxy) is 1. The molecule has 2 aliphatic rings. The third kappa shape index (κ3) is 6.46. The summed E-state index contributed by atoms with van der Waals surface area (Å²) >= 11 is 0. The summed E-state index contributed by atoms with van der Waals surface area (Å²) in [5.41, 5.74) is 1.45. The highest BCUT2D eigenvalue weighted by Crippen LogP contribution is 2.28. The Morgan fingerprint density at radius 3 is 2.58 bits per heavy atom. The Hall–Kier alpha value is -3.09. The molecule has 4 rings (SSSR count). The number of pyridine rings is 1. The lowest BCUT2D eigenvalue weighted by Crippen LogP contribution is -2.37. The molecule has 1 aromatic heterocycles. The maximum absolute atomic E-state index is 13.1. The first kappa shape index (κ1) is 23.1. The van der Waals surface area contributed by atoms with Crippen molar-refractivity contribution in [1.29, 1.82) is 0 Å². The van der Waals surface area contributed by atoms with Gasteiger partial charge in [0.15, 0.2) is 0 Å². The summed E-state index contributed by atoms with van der Waals surface area (Å²) in [5.74, 6) is 0.233. The Kier molecular flexibility index (Phi) is 7.81. The molecule has 176 valence electrons. The molecule has 1 aliphatic heterocycles. The molecule has 7 heteroatoms. The van der Waals surface area contributed by atoms with Gasteiger partial charge in [-0.1, -0.05) is 49.6 Å². The molecule has 1 atom stereocenters. The standard InChI is InChI=1S/C26H33N3O4/c30-24(31)16-20-10-7-15-29(17-20)23-14-13-22(25(32)27-21-11-5-2-6-12-21)26(28-23)33-18-19-8-3-1-4-9-19/h1,3-4,8-9,13-14,20-21H,2,5-7,10-12,15-18H2,(H,27,32)(H,30,31)/t20-/m0/s1. The van der Waals surface area contributed by atoms with Crippen LogP contribution in [0.4, 0.5) is 5.82 Å². The van der Waals surface area contributed by atoms with Crippen LogP contribution in [0.2, 0.25) is 0 Å². The first-order valence-corrected chi connectivity index (χ1v) is 12.0. The molecule has 7 nitrogen and oxygen atoms in total. The first-order chi connectivity index (χ1) is 16.1. The number of aliphatic carboxylic acids is 1. The van der Waals surface area contributed by atoms with Crippen molar-refractivity contribution in [2.45, 2.75) is 64.0 Å². The number of anilines is 1. The molecule has 2 N–H and O–H groups in total. The van der Waals surface area contributed by atoms with E-state index in [9.17, 15) is 14.7 Å². The van der Waals surface area contributed by atoms with Crippen molar-refractivity contribution in [3.63, 3.8) is 0 Å². The number of benzene rings is 1. The molecule has 1 saturated carbocycles. The van der Waals surface area contributed by atoms with Gasteiger partial charge in [0.2, 0.25) is 5.88 Å². The van der Waals surface area contributed by atoms with Crippen LogP contribution in [-0.4, -0.2) is 41.1 Å². The number of aromatic nitrogens is 1. The fourth-order valence-electron chi connectivity index (χ4n) is 4.81. The topological polar surface area (TPSA) is 91.8 Å². The fourth-order valence-corrected chi connectivity index (χ4v) is 4.81. The highest BCUT2D eigenvalue weighted by atomic mass is 16.5. The van der Waals surface area contributed by atoms with Gasteiger partial charge in [-0.2, -0.15) is 4.98 Å². The second kappa shape index (κ2) is 11.2. The number of carboxylic acid groups (broad SMARTS) is 1. The molecule has 33 heavy (non-hydrogen) atoms. The third-order valence-corrected chi connectivity index (χ3v) is 6.56. The van der Waals surface area contributed by atoms with E-state index in [0.29, 0.717) is 24.6 Å². The van der Waals surface area contributed by atoms with Gasteiger partial charge in [-0.05, 0) is 49.3 Å². The van der Waals surface area contributed by atoms with E-state index in [2.05, 4.69) is 10.2 Å². The monoisotopic (exact) mass is 451 g/mol. The van der Waals surface area contributed by atoms with Gasteiger partial charge >= 0.3 is 5.97 Å². The number of carbonyl (C=O) groups excluding carboxylic acids is 1. The van der Waals surface area contributed by atoms with Crippen LogP contribution in [0, 0.1) is 5.92 Å². The van der Waals surface area contributed by atoms with E-state index < -0.39 is 5.97 Å². The average Bonchev–Trinajstić information content (AvgIpc) is 2.83.